The first-order chi connectivity index (χ1) is 15.5. The van der Waals surface area contributed by atoms with E-state index in [0.29, 0.717) is 23.7 Å². The van der Waals surface area contributed by atoms with Crippen LogP contribution in [0.25, 0.3) is 11.2 Å². The number of imidazole rings is 1. The number of rotatable bonds is 4. The van der Waals surface area contributed by atoms with E-state index in [-0.39, 0.29) is 23.7 Å². The van der Waals surface area contributed by atoms with Crippen molar-refractivity contribution in [3.63, 3.8) is 0 Å². The number of hydrogen-bond donors (Lipinski definition) is 0. The molecule has 0 aliphatic carbocycles. The molecule has 5 rings (SSSR count). The molecule has 3 heterocycles. The van der Waals surface area contributed by atoms with Gasteiger partial charge in [0.25, 0.3) is 5.56 Å². The number of anilines is 2. The number of methoxy groups -OCH3 is 1. The Kier molecular flexibility index (Phi) is 4.84. The molecular formula is C24H25N5O3. The molecule has 32 heavy (non-hydrogen) atoms. The van der Waals surface area contributed by atoms with Crippen LogP contribution in [-0.4, -0.2) is 32.3 Å². The second kappa shape index (κ2) is 7.71. The van der Waals surface area contributed by atoms with Crippen LogP contribution in [0.2, 0.25) is 0 Å². The molecule has 0 amide bonds. The molecule has 0 spiro atoms. The standard InChI is InChI=1S/C24H25N5O3/c1-16-13-27(18-11-7-8-12-19(18)32-3)23-25-21-20(28(23)14-16)22(30)29(24(31)26(21)2)15-17-9-5-4-6-10-17/h4-12,16H,13-15H2,1-3H3/t16-/m1/s1. The van der Waals surface area contributed by atoms with Crippen LogP contribution in [0.1, 0.15) is 12.5 Å². The number of hydrogen-bond acceptors (Lipinski definition) is 5. The molecule has 1 atom stereocenters. The highest BCUT2D eigenvalue weighted by Gasteiger charge is 2.31. The summed E-state index contributed by atoms with van der Waals surface area (Å²) in [5, 5.41) is 0. The highest BCUT2D eigenvalue weighted by Crippen LogP contribution is 2.37. The van der Waals surface area contributed by atoms with Crippen molar-refractivity contribution in [2.45, 2.75) is 20.0 Å². The lowest BCUT2D eigenvalue weighted by atomic mass is 10.1. The zero-order valence-electron chi connectivity index (χ0n) is 18.4. The first-order valence-corrected chi connectivity index (χ1v) is 10.6. The van der Waals surface area contributed by atoms with Crippen LogP contribution in [0.5, 0.6) is 5.75 Å². The van der Waals surface area contributed by atoms with Crippen molar-refractivity contribution in [3.8, 4) is 5.75 Å². The Balaban J connectivity index is 1.74. The van der Waals surface area contributed by atoms with E-state index in [2.05, 4.69) is 11.8 Å². The first-order valence-electron chi connectivity index (χ1n) is 10.6. The quantitative estimate of drug-likeness (QED) is 0.497. The van der Waals surface area contributed by atoms with E-state index in [9.17, 15) is 9.59 Å². The molecule has 4 aromatic rings. The van der Waals surface area contributed by atoms with E-state index in [4.69, 9.17) is 9.72 Å². The smallest absolute Gasteiger partial charge is 0.332 e. The fourth-order valence-corrected chi connectivity index (χ4v) is 4.47. The molecule has 8 heteroatoms. The van der Waals surface area contributed by atoms with Crippen LogP contribution in [0.15, 0.2) is 64.2 Å². The Morgan fingerprint density at radius 1 is 1.03 bits per heavy atom. The van der Waals surface area contributed by atoms with E-state index < -0.39 is 0 Å². The third kappa shape index (κ3) is 3.10. The fourth-order valence-electron chi connectivity index (χ4n) is 4.47. The molecule has 0 fully saturated rings. The van der Waals surface area contributed by atoms with Gasteiger partial charge in [-0.2, -0.15) is 4.98 Å². The highest BCUT2D eigenvalue weighted by atomic mass is 16.5. The molecule has 0 bridgehead atoms. The summed E-state index contributed by atoms with van der Waals surface area (Å²) in [6.07, 6.45) is 0. The summed E-state index contributed by atoms with van der Waals surface area (Å²) in [6, 6.07) is 17.3. The van der Waals surface area contributed by atoms with E-state index in [1.165, 1.54) is 9.13 Å². The third-order valence-electron chi connectivity index (χ3n) is 6.00. The molecule has 0 radical (unpaired) electrons. The Hall–Kier alpha value is -3.81. The summed E-state index contributed by atoms with van der Waals surface area (Å²) < 4.78 is 10.3. The summed E-state index contributed by atoms with van der Waals surface area (Å²) >= 11 is 0. The number of para-hydroxylation sites is 2. The maximum atomic E-state index is 13.6. The van der Waals surface area contributed by atoms with Crippen LogP contribution in [-0.2, 0) is 20.1 Å². The number of ether oxygens (including phenoxy) is 1. The molecule has 1 aliphatic heterocycles. The average molecular weight is 431 g/mol. The van der Waals surface area contributed by atoms with Gasteiger partial charge in [-0.25, -0.2) is 4.79 Å². The van der Waals surface area contributed by atoms with Gasteiger partial charge in [-0.15, -0.1) is 0 Å². The Labute approximate surface area is 184 Å². The minimum atomic E-state index is -0.376. The molecule has 0 N–H and O–H groups in total. The molecule has 2 aromatic carbocycles. The van der Waals surface area contributed by atoms with Crippen molar-refractivity contribution in [1.82, 2.24) is 18.7 Å². The molecule has 8 nitrogen and oxygen atoms in total. The molecule has 1 aliphatic rings. The van der Waals surface area contributed by atoms with Gasteiger partial charge in [0.1, 0.15) is 5.75 Å². The largest absolute Gasteiger partial charge is 0.495 e. The number of fused-ring (bicyclic) bond motifs is 3. The fraction of sp³-hybridized carbons (Fsp3) is 0.292. The van der Waals surface area contributed by atoms with E-state index in [1.807, 2.05) is 59.2 Å². The van der Waals surface area contributed by atoms with Gasteiger partial charge in [-0.1, -0.05) is 49.4 Å². The van der Waals surface area contributed by atoms with Crippen molar-refractivity contribution in [1.29, 1.82) is 0 Å². The maximum Gasteiger partial charge on any atom is 0.332 e. The molecule has 0 saturated heterocycles. The Morgan fingerprint density at radius 3 is 2.50 bits per heavy atom. The Bertz CT molecular complexity index is 1420. The monoisotopic (exact) mass is 431 g/mol. The second-order valence-electron chi connectivity index (χ2n) is 8.30. The molecular weight excluding hydrogens is 406 g/mol. The molecule has 2 aromatic heterocycles. The van der Waals surface area contributed by atoms with Crippen LogP contribution in [0.4, 0.5) is 11.6 Å². The lowest BCUT2D eigenvalue weighted by molar-refractivity contribution is 0.409. The summed E-state index contributed by atoms with van der Waals surface area (Å²) in [4.78, 5) is 33.5. The maximum absolute atomic E-state index is 13.6. The first kappa shape index (κ1) is 20.1. The predicted octanol–water partition coefficient (Wildman–Crippen LogP) is 2.74. The average Bonchev–Trinajstić information content (AvgIpc) is 3.20. The van der Waals surface area contributed by atoms with Gasteiger partial charge in [0.15, 0.2) is 11.2 Å². The van der Waals surface area contributed by atoms with Crippen molar-refractivity contribution in [2.75, 3.05) is 18.6 Å². The SMILES string of the molecule is COc1ccccc1N1C[C@@H](C)Cn2c1nc1c2c(=O)n(Cc2ccccc2)c(=O)n1C. The van der Waals surface area contributed by atoms with Crippen molar-refractivity contribution < 1.29 is 4.74 Å². The van der Waals surface area contributed by atoms with Gasteiger partial charge in [0.2, 0.25) is 5.95 Å². The Morgan fingerprint density at radius 2 is 1.75 bits per heavy atom. The van der Waals surface area contributed by atoms with Crippen LogP contribution in [0.3, 0.4) is 0 Å². The van der Waals surface area contributed by atoms with Gasteiger partial charge in [-0.05, 0) is 23.6 Å². The van der Waals surface area contributed by atoms with E-state index in [0.717, 1.165) is 23.5 Å². The highest BCUT2D eigenvalue weighted by molar-refractivity contribution is 5.78. The van der Waals surface area contributed by atoms with Gasteiger partial charge in [0.05, 0.1) is 19.3 Å². The van der Waals surface area contributed by atoms with Crippen molar-refractivity contribution >= 4 is 22.8 Å². The van der Waals surface area contributed by atoms with Gasteiger partial charge in [0, 0.05) is 20.1 Å². The zero-order chi connectivity index (χ0) is 22.4. The minimum Gasteiger partial charge on any atom is -0.495 e. The number of benzene rings is 2. The van der Waals surface area contributed by atoms with Crippen molar-refractivity contribution in [3.05, 3.63) is 81.0 Å². The van der Waals surface area contributed by atoms with Crippen LogP contribution >= 0.6 is 0 Å². The predicted molar refractivity (Wildman–Crippen MR) is 124 cm³/mol. The normalized spacial score (nSPS) is 15.7. The second-order valence-corrected chi connectivity index (χ2v) is 8.30. The van der Waals surface area contributed by atoms with Gasteiger partial charge in [-0.3, -0.25) is 13.9 Å². The number of aryl methyl sites for hydroxylation is 1. The summed E-state index contributed by atoms with van der Waals surface area (Å²) in [7, 11) is 3.31. The third-order valence-corrected chi connectivity index (χ3v) is 6.00. The van der Waals surface area contributed by atoms with Crippen molar-refractivity contribution in [2.24, 2.45) is 13.0 Å². The zero-order valence-corrected chi connectivity index (χ0v) is 18.4. The molecule has 0 saturated carbocycles. The summed E-state index contributed by atoms with van der Waals surface area (Å²) in [5.74, 6) is 1.65. The van der Waals surface area contributed by atoms with Gasteiger partial charge >= 0.3 is 5.69 Å². The molecule has 164 valence electrons. The summed E-state index contributed by atoms with van der Waals surface area (Å²) in [5.41, 5.74) is 1.93. The van der Waals surface area contributed by atoms with Crippen LogP contribution < -0.4 is 20.9 Å². The minimum absolute atomic E-state index is 0.217. The lowest BCUT2D eigenvalue weighted by Crippen LogP contribution is -2.40. The summed E-state index contributed by atoms with van der Waals surface area (Å²) in [6.45, 7) is 3.74. The van der Waals surface area contributed by atoms with E-state index in [1.54, 1.807) is 14.2 Å². The van der Waals surface area contributed by atoms with Gasteiger partial charge < -0.3 is 14.2 Å². The van der Waals surface area contributed by atoms with Crippen LogP contribution in [0, 0.1) is 5.92 Å². The molecule has 0 unspecified atom stereocenters. The topological polar surface area (TPSA) is 74.3 Å². The van der Waals surface area contributed by atoms with E-state index >= 15 is 0 Å². The lowest BCUT2D eigenvalue weighted by Gasteiger charge is -2.33. The number of nitrogens with zero attached hydrogens (tertiary/aromatic N) is 5. The number of aromatic nitrogens is 4.